The van der Waals surface area contributed by atoms with Crippen molar-refractivity contribution in [2.75, 3.05) is 6.61 Å². The minimum Gasteiger partial charge on any atom is -0.461 e. The van der Waals surface area contributed by atoms with Crippen molar-refractivity contribution in [3.05, 3.63) is 30.3 Å². The summed E-state index contributed by atoms with van der Waals surface area (Å²) < 4.78 is 9.74. The minimum absolute atomic E-state index is 0.197. The van der Waals surface area contributed by atoms with Crippen LogP contribution in [0.15, 0.2) is 30.3 Å². The van der Waals surface area contributed by atoms with E-state index in [1.807, 2.05) is 6.07 Å². The normalized spacial score (nSPS) is 14.1. The van der Waals surface area contributed by atoms with Gasteiger partial charge < -0.3 is 9.47 Å². The zero-order valence-electron chi connectivity index (χ0n) is 8.27. The van der Waals surface area contributed by atoms with Crippen LogP contribution in [0.5, 0.6) is 5.75 Å². The van der Waals surface area contributed by atoms with E-state index >= 15 is 0 Å². The second-order valence-electron chi connectivity index (χ2n) is 2.78. The molecule has 0 saturated heterocycles. The summed E-state index contributed by atoms with van der Waals surface area (Å²) >= 11 is 5.68. The molecule has 0 saturated carbocycles. The molecule has 2 N–H and O–H groups in total. The highest BCUT2D eigenvalue weighted by molar-refractivity contribution is 6.32. The fraction of sp³-hybridized carbons (Fsp3) is 0.300. The summed E-state index contributed by atoms with van der Waals surface area (Å²) in [4.78, 5) is 11.3. The van der Waals surface area contributed by atoms with Gasteiger partial charge in [-0.2, -0.15) is 0 Å². The number of carbonyl (C=O) groups excluding carboxylic acids is 1. The maximum Gasteiger partial charge on any atom is 0.383 e. The number of alkyl halides is 1. The number of carbonyl (C=O) groups is 1. The highest BCUT2D eigenvalue weighted by atomic mass is 35.5. The first-order valence-corrected chi connectivity index (χ1v) is 4.83. The number of hydrogen-bond acceptors (Lipinski definition) is 4. The summed E-state index contributed by atoms with van der Waals surface area (Å²) in [5.41, 5.74) is 5.45. The van der Waals surface area contributed by atoms with Crippen LogP contribution in [0.4, 0.5) is 0 Å². The standard InChI is InChI=1S/C10H12ClNO3/c1-2-14-9(13)10(11,12)15-8-6-4-3-5-7-8/h3-7H,2,12H2,1H3. The first kappa shape index (κ1) is 11.8. The molecule has 0 aliphatic rings. The second-order valence-corrected chi connectivity index (χ2v) is 3.34. The Bertz CT molecular complexity index is 327. The summed E-state index contributed by atoms with van der Waals surface area (Å²) in [5, 5.41) is -1.97. The van der Waals surface area contributed by atoms with Crippen molar-refractivity contribution >= 4 is 17.6 Å². The third kappa shape index (κ3) is 3.42. The maximum atomic E-state index is 11.3. The van der Waals surface area contributed by atoms with Gasteiger partial charge in [-0.25, -0.2) is 4.79 Å². The maximum absolute atomic E-state index is 11.3. The van der Waals surface area contributed by atoms with Crippen molar-refractivity contribution in [3.8, 4) is 5.75 Å². The van der Waals surface area contributed by atoms with E-state index in [0.29, 0.717) is 5.75 Å². The predicted octanol–water partition coefficient (Wildman–Crippen LogP) is 1.48. The van der Waals surface area contributed by atoms with Gasteiger partial charge in [-0.05, 0) is 30.7 Å². The van der Waals surface area contributed by atoms with Crippen LogP contribution in [0.3, 0.4) is 0 Å². The number of halogens is 1. The fourth-order valence-electron chi connectivity index (χ4n) is 0.931. The highest BCUT2D eigenvalue weighted by Crippen LogP contribution is 2.18. The molecular weight excluding hydrogens is 218 g/mol. The molecule has 4 nitrogen and oxygen atoms in total. The van der Waals surface area contributed by atoms with Crippen LogP contribution in [0.2, 0.25) is 0 Å². The first-order valence-electron chi connectivity index (χ1n) is 4.45. The highest BCUT2D eigenvalue weighted by Gasteiger charge is 2.35. The number of para-hydroxylation sites is 1. The number of benzene rings is 1. The van der Waals surface area contributed by atoms with E-state index in [-0.39, 0.29) is 6.61 Å². The second kappa shape index (κ2) is 5.00. The van der Waals surface area contributed by atoms with Gasteiger partial charge >= 0.3 is 11.2 Å². The van der Waals surface area contributed by atoms with E-state index in [9.17, 15) is 4.79 Å². The van der Waals surface area contributed by atoms with Gasteiger partial charge in [-0.1, -0.05) is 18.2 Å². The van der Waals surface area contributed by atoms with E-state index in [2.05, 4.69) is 4.74 Å². The lowest BCUT2D eigenvalue weighted by molar-refractivity contribution is -0.154. The van der Waals surface area contributed by atoms with Crippen molar-refractivity contribution < 1.29 is 14.3 Å². The zero-order valence-corrected chi connectivity index (χ0v) is 9.03. The summed E-state index contributed by atoms with van der Waals surface area (Å²) in [6.45, 7) is 1.86. The van der Waals surface area contributed by atoms with Crippen molar-refractivity contribution in [2.24, 2.45) is 5.73 Å². The molecule has 1 unspecified atom stereocenters. The molecule has 0 aliphatic heterocycles. The molecule has 0 aliphatic carbocycles. The SMILES string of the molecule is CCOC(=O)C(N)(Cl)Oc1ccccc1. The Morgan fingerprint density at radius 1 is 1.47 bits per heavy atom. The molecule has 1 aromatic carbocycles. The quantitative estimate of drug-likeness (QED) is 0.368. The van der Waals surface area contributed by atoms with E-state index in [0.717, 1.165) is 0 Å². The average Bonchev–Trinajstić information content (AvgIpc) is 2.19. The zero-order chi connectivity index (χ0) is 11.3. The lowest BCUT2D eigenvalue weighted by Crippen LogP contribution is -2.48. The largest absolute Gasteiger partial charge is 0.461 e. The summed E-state index contributed by atoms with van der Waals surface area (Å²) in [5.74, 6) is -0.404. The molecule has 5 heteroatoms. The molecule has 1 rings (SSSR count). The van der Waals surface area contributed by atoms with Crippen molar-refractivity contribution in [2.45, 2.75) is 12.1 Å². The molecule has 1 aromatic rings. The van der Waals surface area contributed by atoms with E-state index < -0.39 is 11.2 Å². The molecular formula is C10H12ClNO3. The Balaban J connectivity index is 2.68. The van der Waals surface area contributed by atoms with Crippen molar-refractivity contribution in [1.82, 2.24) is 0 Å². The average molecular weight is 230 g/mol. The van der Waals surface area contributed by atoms with Crippen LogP contribution < -0.4 is 10.5 Å². The third-order valence-electron chi connectivity index (χ3n) is 1.56. The molecule has 0 fully saturated rings. The summed E-state index contributed by atoms with van der Waals surface area (Å²) in [6.07, 6.45) is 0. The van der Waals surface area contributed by atoms with Gasteiger partial charge in [-0.15, -0.1) is 0 Å². The molecule has 0 spiro atoms. The molecule has 1 atom stereocenters. The molecule has 0 bridgehead atoms. The van der Waals surface area contributed by atoms with Crippen LogP contribution in [-0.2, 0) is 9.53 Å². The lowest BCUT2D eigenvalue weighted by atomic mass is 10.3. The smallest absolute Gasteiger partial charge is 0.383 e. The summed E-state index contributed by atoms with van der Waals surface area (Å²) in [7, 11) is 0. The van der Waals surface area contributed by atoms with E-state index in [1.165, 1.54) is 0 Å². The third-order valence-corrected chi connectivity index (χ3v) is 1.79. The number of hydrogen-bond donors (Lipinski definition) is 1. The van der Waals surface area contributed by atoms with Crippen LogP contribution in [-0.4, -0.2) is 17.8 Å². The Labute approximate surface area is 92.9 Å². The van der Waals surface area contributed by atoms with Crippen LogP contribution in [0.25, 0.3) is 0 Å². The van der Waals surface area contributed by atoms with Gasteiger partial charge in [0, 0.05) is 0 Å². The Hall–Kier alpha value is -1.26. The first-order chi connectivity index (χ1) is 7.06. The van der Waals surface area contributed by atoms with Gasteiger partial charge in [0.25, 0.3) is 0 Å². The Morgan fingerprint density at radius 3 is 2.60 bits per heavy atom. The van der Waals surface area contributed by atoms with Gasteiger partial charge in [0.15, 0.2) is 0 Å². The van der Waals surface area contributed by atoms with Crippen LogP contribution in [0, 0.1) is 0 Å². The molecule has 0 aromatic heterocycles. The van der Waals surface area contributed by atoms with Gasteiger partial charge in [0.1, 0.15) is 5.75 Å². The van der Waals surface area contributed by atoms with Crippen molar-refractivity contribution in [3.63, 3.8) is 0 Å². The number of esters is 1. The minimum atomic E-state index is -1.97. The van der Waals surface area contributed by atoms with Gasteiger partial charge in [0.2, 0.25) is 0 Å². The van der Waals surface area contributed by atoms with E-state index in [4.69, 9.17) is 22.1 Å². The van der Waals surface area contributed by atoms with Gasteiger partial charge in [0.05, 0.1) is 6.61 Å². The molecule has 82 valence electrons. The molecule has 0 amide bonds. The molecule has 15 heavy (non-hydrogen) atoms. The predicted molar refractivity (Wildman–Crippen MR) is 56.5 cm³/mol. The fourth-order valence-corrected chi connectivity index (χ4v) is 1.07. The number of ether oxygens (including phenoxy) is 2. The van der Waals surface area contributed by atoms with Crippen LogP contribution in [0.1, 0.15) is 6.92 Å². The van der Waals surface area contributed by atoms with Crippen LogP contribution >= 0.6 is 11.6 Å². The lowest BCUT2D eigenvalue weighted by Gasteiger charge is -2.20. The monoisotopic (exact) mass is 229 g/mol. The summed E-state index contributed by atoms with van der Waals surface area (Å²) in [6, 6.07) is 8.58. The topological polar surface area (TPSA) is 61.5 Å². The van der Waals surface area contributed by atoms with Crippen molar-refractivity contribution in [1.29, 1.82) is 0 Å². The number of rotatable bonds is 4. The molecule has 0 heterocycles. The Morgan fingerprint density at radius 2 is 2.07 bits per heavy atom. The molecule has 0 radical (unpaired) electrons. The number of nitrogens with two attached hydrogens (primary N) is 1. The van der Waals surface area contributed by atoms with Gasteiger partial charge in [-0.3, -0.25) is 5.73 Å². The van der Waals surface area contributed by atoms with E-state index in [1.54, 1.807) is 31.2 Å². The Kier molecular flexibility index (Phi) is 3.94.